The summed E-state index contributed by atoms with van der Waals surface area (Å²) in [6, 6.07) is 0. The molecule has 1 N–H and O–H groups in total. The van der Waals surface area contributed by atoms with Gasteiger partial charge in [0.15, 0.2) is 0 Å². The smallest absolute Gasteiger partial charge is 0.313 e. The van der Waals surface area contributed by atoms with E-state index in [1.807, 2.05) is 17.1 Å². The van der Waals surface area contributed by atoms with Crippen molar-refractivity contribution >= 4 is 11.9 Å². The molecule has 4 rings (SSSR count). The summed E-state index contributed by atoms with van der Waals surface area (Å²) in [5.74, 6) is -0.451. The molecule has 0 bridgehead atoms. The third kappa shape index (κ3) is 2.86. The number of carbonyl (C=O) groups excluding carboxylic acids is 1. The average Bonchev–Trinajstić information content (AvgIpc) is 3.08. The summed E-state index contributed by atoms with van der Waals surface area (Å²) < 4.78 is 1.82. The van der Waals surface area contributed by atoms with Gasteiger partial charge in [-0.05, 0) is 12.8 Å². The topological polar surface area (TPSA) is 78.7 Å². The minimum absolute atomic E-state index is 0.0101. The Labute approximate surface area is 146 Å². The number of likely N-dealkylation sites (tertiary alicyclic amines) is 2. The van der Waals surface area contributed by atoms with E-state index in [1.165, 1.54) is 0 Å². The standard InChI is InChI=1S/C18H24N4O3/c1-2-5-22-8-13(6-19-22)7-20-9-15-10-21(16(23)14-3-4-14)12-18(15,11-20)17(24)25/h2,6,8,14-15H,1,3-5,7,9-12H2,(H,24,25)/t15-,18-/m1/s1. The van der Waals surface area contributed by atoms with Crippen LogP contribution in [-0.4, -0.2) is 62.7 Å². The van der Waals surface area contributed by atoms with Crippen LogP contribution in [-0.2, 0) is 22.7 Å². The summed E-state index contributed by atoms with van der Waals surface area (Å²) in [5, 5.41) is 14.2. The van der Waals surface area contributed by atoms with E-state index in [-0.39, 0.29) is 17.7 Å². The fourth-order valence-corrected chi connectivity index (χ4v) is 4.33. The highest BCUT2D eigenvalue weighted by atomic mass is 16.4. The van der Waals surface area contributed by atoms with E-state index >= 15 is 0 Å². The molecule has 2 atom stereocenters. The zero-order valence-electron chi connectivity index (χ0n) is 14.3. The number of rotatable bonds is 6. The molecule has 1 amide bonds. The molecular formula is C18H24N4O3. The highest BCUT2D eigenvalue weighted by molar-refractivity contribution is 5.84. The van der Waals surface area contributed by atoms with E-state index in [4.69, 9.17) is 0 Å². The molecule has 2 aliphatic heterocycles. The van der Waals surface area contributed by atoms with Gasteiger partial charge in [-0.2, -0.15) is 5.10 Å². The monoisotopic (exact) mass is 344 g/mol. The maximum absolute atomic E-state index is 12.3. The summed E-state index contributed by atoms with van der Waals surface area (Å²) in [5.41, 5.74) is 0.259. The maximum atomic E-state index is 12.3. The van der Waals surface area contributed by atoms with Crippen molar-refractivity contribution in [3.8, 4) is 0 Å². The van der Waals surface area contributed by atoms with Crippen molar-refractivity contribution in [3.63, 3.8) is 0 Å². The Morgan fingerprint density at radius 2 is 2.16 bits per heavy atom. The summed E-state index contributed by atoms with van der Waals surface area (Å²) in [7, 11) is 0. The molecule has 7 nitrogen and oxygen atoms in total. The Morgan fingerprint density at radius 3 is 2.80 bits per heavy atom. The molecule has 1 aliphatic carbocycles. The molecule has 3 fully saturated rings. The summed E-state index contributed by atoms with van der Waals surface area (Å²) in [6.45, 7) is 7.21. The lowest BCUT2D eigenvalue weighted by atomic mass is 9.81. The van der Waals surface area contributed by atoms with Gasteiger partial charge in [0.25, 0.3) is 0 Å². The number of carbonyl (C=O) groups is 2. The van der Waals surface area contributed by atoms with Gasteiger partial charge in [-0.1, -0.05) is 6.08 Å². The molecule has 3 aliphatic rings. The van der Waals surface area contributed by atoms with Crippen LogP contribution in [0.5, 0.6) is 0 Å². The molecule has 0 unspecified atom stereocenters. The molecule has 3 heterocycles. The van der Waals surface area contributed by atoms with Crippen LogP contribution in [0.1, 0.15) is 18.4 Å². The van der Waals surface area contributed by atoms with Crippen LogP contribution in [0.3, 0.4) is 0 Å². The van der Waals surface area contributed by atoms with Crippen LogP contribution >= 0.6 is 0 Å². The Hall–Kier alpha value is -2.15. The molecule has 1 saturated carbocycles. The lowest BCUT2D eigenvalue weighted by Gasteiger charge is -2.25. The number of amides is 1. The predicted molar refractivity (Wildman–Crippen MR) is 90.6 cm³/mol. The number of nitrogens with zero attached hydrogens (tertiary/aromatic N) is 4. The van der Waals surface area contributed by atoms with Gasteiger partial charge in [0.2, 0.25) is 5.91 Å². The van der Waals surface area contributed by atoms with Gasteiger partial charge in [0, 0.05) is 56.3 Å². The second kappa shape index (κ2) is 5.98. The van der Waals surface area contributed by atoms with Crippen molar-refractivity contribution in [3.05, 3.63) is 30.6 Å². The van der Waals surface area contributed by atoms with Crippen molar-refractivity contribution in [2.75, 3.05) is 26.2 Å². The Morgan fingerprint density at radius 1 is 1.36 bits per heavy atom. The minimum atomic E-state index is -0.818. The van der Waals surface area contributed by atoms with Crippen LogP contribution in [0.4, 0.5) is 0 Å². The Kier molecular flexibility index (Phi) is 3.91. The van der Waals surface area contributed by atoms with Crippen molar-refractivity contribution in [2.24, 2.45) is 17.3 Å². The molecule has 134 valence electrons. The van der Waals surface area contributed by atoms with Gasteiger partial charge >= 0.3 is 5.97 Å². The number of hydrogen-bond donors (Lipinski definition) is 1. The van der Waals surface area contributed by atoms with Crippen molar-refractivity contribution in [1.29, 1.82) is 0 Å². The lowest BCUT2D eigenvalue weighted by Crippen LogP contribution is -2.42. The van der Waals surface area contributed by atoms with Gasteiger partial charge in [0.05, 0.1) is 12.7 Å². The molecular weight excluding hydrogens is 320 g/mol. The fraction of sp³-hybridized carbons (Fsp3) is 0.611. The zero-order valence-corrected chi connectivity index (χ0v) is 14.3. The number of aromatic nitrogens is 2. The fourth-order valence-electron chi connectivity index (χ4n) is 4.33. The molecule has 1 aromatic rings. The zero-order chi connectivity index (χ0) is 17.6. The highest BCUT2D eigenvalue weighted by Crippen LogP contribution is 2.45. The van der Waals surface area contributed by atoms with Crippen LogP contribution in [0, 0.1) is 17.3 Å². The van der Waals surface area contributed by atoms with E-state index in [1.54, 1.807) is 11.0 Å². The van der Waals surface area contributed by atoms with Gasteiger partial charge in [-0.3, -0.25) is 19.2 Å². The summed E-state index contributed by atoms with van der Waals surface area (Å²) in [6.07, 6.45) is 7.52. The first-order chi connectivity index (χ1) is 12.0. The van der Waals surface area contributed by atoms with Gasteiger partial charge < -0.3 is 10.0 Å². The number of carboxylic acid groups (broad SMARTS) is 1. The van der Waals surface area contributed by atoms with E-state index in [0.717, 1.165) is 18.4 Å². The van der Waals surface area contributed by atoms with Crippen molar-refractivity contribution in [2.45, 2.75) is 25.9 Å². The molecule has 0 radical (unpaired) electrons. The summed E-state index contributed by atoms with van der Waals surface area (Å²) >= 11 is 0. The van der Waals surface area contributed by atoms with Crippen LogP contribution in [0.2, 0.25) is 0 Å². The SMILES string of the molecule is C=CCn1cc(CN2C[C@@H]3CN(C(=O)C4CC4)C[C@]3(C(=O)O)C2)cn1. The number of allylic oxidation sites excluding steroid dienone is 1. The molecule has 1 aromatic heterocycles. The van der Waals surface area contributed by atoms with Crippen LogP contribution in [0.25, 0.3) is 0 Å². The van der Waals surface area contributed by atoms with E-state index in [0.29, 0.717) is 39.3 Å². The number of aliphatic carboxylic acids is 1. The third-order valence-corrected chi connectivity index (χ3v) is 5.75. The lowest BCUT2D eigenvalue weighted by molar-refractivity contribution is -0.149. The van der Waals surface area contributed by atoms with E-state index in [9.17, 15) is 14.7 Å². The van der Waals surface area contributed by atoms with Crippen molar-refractivity contribution in [1.82, 2.24) is 19.6 Å². The molecule has 2 saturated heterocycles. The second-order valence-electron chi connectivity index (χ2n) is 7.68. The number of fused-ring (bicyclic) bond motifs is 1. The first-order valence-corrected chi connectivity index (χ1v) is 8.88. The summed E-state index contributed by atoms with van der Waals surface area (Å²) in [4.78, 5) is 28.4. The number of carboxylic acids is 1. The first-order valence-electron chi connectivity index (χ1n) is 8.88. The number of hydrogen-bond acceptors (Lipinski definition) is 4. The van der Waals surface area contributed by atoms with Crippen molar-refractivity contribution < 1.29 is 14.7 Å². The highest BCUT2D eigenvalue weighted by Gasteiger charge is 2.59. The maximum Gasteiger partial charge on any atom is 0.313 e. The molecule has 0 aromatic carbocycles. The van der Waals surface area contributed by atoms with Crippen LogP contribution in [0.15, 0.2) is 25.0 Å². The van der Waals surface area contributed by atoms with Crippen LogP contribution < -0.4 is 0 Å². The largest absolute Gasteiger partial charge is 0.481 e. The van der Waals surface area contributed by atoms with Gasteiger partial charge in [-0.15, -0.1) is 6.58 Å². The average molecular weight is 344 g/mol. The van der Waals surface area contributed by atoms with Gasteiger partial charge in [-0.25, -0.2) is 0 Å². The van der Waals surface area contributed by atoms with Gasteiger partial charge in [0.1, 0.15) is 5.41 Å². The first kappa shape index (κ1) is 16.3. The second-order valence-corrected chi connectivity index (χ2v) is 7.68. The Balaban J connectivity index is 1.44. The quantitative estimate of drug-likeness (QED) is 0.773. The third-order valence-electron chi connectivity index (χ3n) is 5.75. The van der Waals surface area contributed by atoms with E-state index < -0.39 is 11.4 Å². The minimum Gasteiger partial charge on any atom is -0.481 e. The normalized spacial score (nSPS) is 29.0. The molecule has 25 heavy (non-hydrogen) atoms. The Bertz CT molecular complexity index is 711. The molecule has 7 heteroatoms. The predicted octanol–water partition coefficient (Wildman–Crippen LogP) is 0.824. The molecule has 0 spiro atoms. The van der Waals surface area contributed by atoms with E-state index in [2.05, 4.69) is 16.6 Å².